The summed E-state index contributed by atoms with van der Waals surface area (Å²) in [6, 6.07) is 10.0. The van der Waals surface area contributed by atoms with Crippen molar-refractivity contribution in [2.24, 2.45) is 0 Å². The van der Waals surface area contributed by atoms with Crippen LogP contribution in [0.15, 0.2) is 43.0 Å². The van der Waals surface area contributed by atoms with Crippen LogP contribution >= 0.6 is 0 Å². The fraction of sp³-hybridized carbons (Fsp3) is 0.438. The molecular weight excluding hydrogens is 252 g/mol. The Kier molecular flexibility index (Phi) is 4.45. The van der Waals surface area contributed by atoms with Crippen molar-refractivity contribution in [3.8, 4) is 0 Å². The van der Waals surface area contributed by atoms with Gasteiger partial charge in [0.05, 0.1) is 5.60 Å². The topological polar surface area (TPSA) is 43.8 Å². The molecule has 4 nitrogen and oxygen atoms in total. The van der Waals surface area contributed by atoms with Crippen molar-refractivity contribution in [1.82, 2.24) is 4.90 Å². The standard InChI is InChI=1S/C16H22N2O2/c1-3-15(19)18-11-9-16(20,10-12-18)13-17(2)14-7-5-4-6-8-14/h3-8,20H,1,9-13H2,2H3. The van der Waals surface area contributed by atoms with E-state index in [1.807, 2.05) is 37.4 Å². The summed E-state index contributed by atoms with van der Waals surface area (Å²) in [5.74, 6) is -0.0523. The molecule has 1 aromatic rings. The zero-order valence-corrected chi connectivity index (χ0v) is 12.0. The molecule has 1 aliphatic rings. The summed E-state index contributed by atoms with van der Waals surface area (Å²) in [6.07, 6.45) is 2.54. The van der Waals surface area contributed by atoms with Gasteiger partial charge in [-0.25, -0.2) is 0 Å². The van der Waals surface area contributed by atoms with Gasteiger partial charge in [0.1, 0.15) is 0 Å². The Morgan fingerprint density at radius 3 is 2.55 bits per heavy atom. The third-order valence-electron chi connectivity index (χ3n) is 3.91. The molecule has 1 saturated heterocycles. The molecule has 1 N–H and O–H groups in total. The summed E-state index contributed by atoms with van der Waals surface area (Å²) in [7, 11) is 1.98. The number of amides is 1. The van der Waals surface area contributed by atoms with Gasteiger partial charge >= 0.3 is 0 Å². The highest BCUT2D eigenvalue weighted by molar-refractivity contribution is 5.87. The zero-order chi connectivity index (χ0) is 14.6. The van der Waals surface area contributed by atoms with Crippen LogP contribution < -0.4 is 4.90 Å². The number of rotatable bonds is 4. The van der Waals surface area contributed by atoms with E-state index in [-0.39, 0.29) is 5.91 Å². The smallest absolute Gasteiger partial charge is 0.245 e. The number of piperidine rings is 1. The average Bonchev–Trinajstić information content (AvgIpc) is 2.48. The number of aliphatic hydroxyl groups is 1. The first-order chi connectivity index (χ1) is 9.54. The highest BCUT2D eigenvalue weighted by Crippen LogP contribution is 2.25. The summed E-state index contributed by atoms with van der Waals surface area (Å²) in [6.45, 7) is 5.25. The van der Waals surface area contributed by atoms with Gasteiger partial charge in [-0.3, -0.25) is 4.79 Å². The molecule has 1 aliphatic heterocycles. The van der Waals surface area contributed by atoms with E-state index < -0.39 is 5.60 Å². The maximum absolute atomic E-state index is 11.5. The third-order valence-corrected chi connectivity index (χ3v) is 3.91. The minimum absolute atomic E-state index is 0.0523. The molecule has 108 valence electrons. The Morgan fingerprint density at radius 2 is 2.00 bits per heavy atom. The Labute approximate surface area is 120 Å². The number of nitrogens with zero attached hydrogens (tertiary/aromatic N) is 2. The molecule has 1 amide bonds. The van der Waals surface area contributed by atoms with E-state index in [9.17, 15) is 9.90 Å². The van der Waals surface area contributed by atoms with Crippen molar-refractivity contribution in [3.63, 3.8) is 0 Å². The van der Waals surface area contributed by atoms with Crippen LogP contribution in [-0.4, -0.2) is 48.2 Å². The van der Waals surface area contributed by atoms with Gasteiger partial charge in [0.15, 0.2) is 0 Å². The first-order valence-corrected chi connectivity index (χ1v) is 6.94. The number of anilines is 1. The molecule has 2 rings (SSSR count). The lowest BCUT2D eigenvalue weighted by Crippen LogP contribution is -2.51. The summed E-state index contributed by atoms with van der Waals surface area (Å²) < 4.78 is 0. The predicted octanol–water partition coefficient (Wildman–Crippen LogP) is 1.66. The number of benzene rings is 1. The van der Waals surface area contributed by atoms with Gasteiger partial charge in [-0.1, -0.05) is 24.8 Å². The lowest BCUT2D eigenvalue weighted by Gasteiger charge is -2.40. The molecule has 1 aromatic carbocycles. The van der Waals surface area contributed by atoms with Crippen LogP contribution in [-0.2, 0) is 4.79 Å². The van der Waals surface area contributed by atoms with E-state index in [2.05, 4.69) is 11.5 Å². The second-order valence-corrected chi connectivity index (χ2v) is 5.45. The van der Waals surface area contributed by atoms with E-state index in [1.165, 1.54) is 6.08 Å². The van der Waals surface area contributed by atoms with Gasteiger partial charge in [-0.15, -0.1) is 0 Å². The van der Waals surface area contributed by atoms with Crippen LogP contribution in [0.3, 0.4) is 0 Å². The van der Waals surface area contributed by atoms with Crippen LogP contribution in [0, 0.1) is 0 Å². The van der Waals surface area contributed by atoms with E-state index in [0.29, 0.717) is 32.5 Å². The van der Waals surface area contributed by atoms with E-state index in [4.69, 9.17) is 0 Å². The van der Waals surface area contributed by atoms with Crippen LogP contribution in [0.5, 0.6) is 0 Å². The van der Waals surface area contributed by atoms with Gasteiger partial charge in [0.2, 0.25) is 5.91 Å². The quantitative estimate of drug-likeness (QED) is 0.849. The number of likely N-dealkylation sites (tertiary alicyclic amines) is 1. The maximum Gasteiger partial charge on any atom is 0.245 e. The van der Waals surface area contributed by atoms with Crippen molar-refractivity contribution in [1.29, 1.82) is 0 Å². The zero-order valence-electron chi connectivity index (χ0n) is 12.0. The summed E-state index contributed by atoms with van der Waals surface area (Å²) in [5, 5.41) is 10.7. The molecular formula is C16H22N2O2. The Morgan fingerprint density at radius 1 is 1.40 bits per heavy atom. The van der Waals surface area contributed by atoms with Gasteiger partial charge in [-0.05, 0) is 31.1 Å². The molecule has 0 spiro atoms. The number of carbonyl (C=O) groups is 1. The van der Waals surface area contributed by atoms with Crippen molar-refractivity contribution in [2.75, 3.05) is 31.6 Å². The molecule has 4 heteroatoms. The third kappa shape index (κ3) is 3.39. The molecule has 20 heavy (non-hydrogen) atoms. The highest BCUT2D eigenvalue weighted by Gasteiger charge is 2.34. The minimum atomic E-state index is -0.734. The Balaban J connectivity index is 1.93. The van der Waals surface area contributed by atoms with Crippen molar-refractivity contribution in [2.45, 2.75) is 18.4 Å². The first-order valence-electron chi connectivity index (χ1n) is 6.94. The number of hydrogen-bond acceptors (Lipinski definition) is 3. The van der Waals surface area contributed by atoms with E-state index >= 15 is 0 Å². The molecule has 0 atom stereocenters. The Bertz CT molecular complexity index is 465. The number of carbonyl (C=O) groups excluding carboxylic acids is 1. The lowest BCUT2D eigenvalue weighted by molar-refractivity contribution is -0.129. The molecule has 0 unspecified atom stereocenters. The van der Waals surface area contributed by atoms with Crippen LogP contribution in [0.25, 0.3) is 0 Å². The first kappa shape index (κ1) is 14.6. The van der Waals surface area contributed by atoms with Gasteiger partial charge in [-0.2, -0.15) is 0 Å². The molecule has 0 aliphatic carbocycles. The molecule has 0 bridgehead atoms. The fourth-order valence-electron chi connectivity index (χ4n) is 2.65. The highest BCUT2D eigenvalue weighted by atomic mass is 16.3. The van der Waals surface area contributed by atoms with Crippen molar-refractivity contribution in [3.05, 3.63) is 43.0 Å². The SMILES string of the molecule is C=CC(=O)N1CCC(O)(CN(C)c2ccccc2)CC1. The van der Waals surface area contributed by atoms with Gasteiger partial charge in [0, 0.05) is 32.4 Å². The lowest BCUT2D eigenvalue weighted by atomic mass is 9.90. The maximum atomic E-state index is 11.5. The predicted molar refractivity (Wildman–Crippen MR) is 80.7 cm³/mol. The summed E-state index contributed by atoms with van der Waals surface area (Å²) in [5.41, 5.74) is 0.355. The number of hydrogen-bond donors (Lipinski definition) is 1. The summed E-state index contributed by atoms with van der Waals surface area (Å²) in [4.78, 5) is 15.3. The summed E-state index contributed by atoms with van der Waals surface area (Å²) >= 11 is 0. The average molecular weight is 274 g/mol. The van der Waals surface area contributed by atoms with E-state index in [1.54, 1.807) is 4.90 Å². The van der Waals surface area contributed by atoms with Gasteiger partial charge in [0.25, 0.3) is 0 Å². The van der Waals surface area contributed by atoms with Crippen molar-refractivity contribution >= 4 is 11.6 Å². The van der Waals surface area contributed by atoms with E-state index in [0.717, 1.165) is 5.69 Å². The molecule has 1 fully saturated rings. The normalized spacial score (nSPS) is 17.6. The molecule has 0 saturated carbocycles. The molecule has 0 radical (unpaired) electrons. The number of para-hydroxylation sites is 1. The van der Waals surface area contributed by atoms with Crippen molar-refractivity contribution < 1.29 is 9.90 Å². The largest absolute Gasteiger partial charge is 0.388 e. The molecule has 0 aromatic heterocycles. The van der Waals surface area contributed by atoms with Crippen LogP contribution in [0.4, 0.5) is 5.69 Å². The fourth-order valence-corrected chi connectivity index (χ4v) is 2.65. The monoisotopic (exact) mass is 274 g/mol. The number of likely N-dealkylation sites (N-methyl/N-ethyl adjacent to an activating group) is 1. The van der Waals surface area contributed by atoms with Crippen LogP contribution in [0.1, 0.15) is 12.8 Å². The second-order valence-electron chi connectivity index (χ2n) is 5.45. The second kappa shape index (κ2) is 6.09. The van der Waals surface area contributed by atoms with Gasteiger partial charge < -0.3 is 14.9 Å². The molecule has 1 heterocycles. The minimum Gasteiger partial charge on any atom is -0.388 e. The Hall–Kier alpha value is -1.81. The van der Waals surface area contributed by atoms with Crippen LogP contribution in [0.2, 0.25) is 0 Å².